The SMILES string of the molecule is COc1ccc2cc1-c1cccc(c1)OCC(=O)NCc1cc(F)cc(c1)O[C@@H]1CCN(C(=O)c3ccc(C)cc3)C[C@H]1NC2=O. The Morgan fingerprint density at radius 1 is 0.957 bits per heavy atom. The minimum Gasteiger partial charge on any atom is -0.496 e. The van der Waals surface area contributed by atoms with E-state index in [1.165, 1.54) is 12.1 Å². The van der Waals surface area contributed by atoms with E-state index in [4.69, 9.17) is 14.2 Å². The molecule has 0 aromatic heterocycles. The number of nitrogens with zero attached hydrogens (tertiary/aromatic N) is 1. The molecule has 0 saturated carbocycles. The topological polar surface area (TPSA) is 106 Å². The first kappa shape index (κ1) is 30.6. The van der Waals surface area contributed by atoms with Gasteiger partial charge in [-0.2, -0.15) is 0 Å². The van der Waals surface area contributed by atoms with Crippen LogP contribution in [-0.2, 0) is 11.3 Å². The van der Waals surface area contributed by atoms with Gasteiger partial charge in [-0.05, 0) is 72.6 Å². The number of amides is 3. The number of carbonyl (C=O) groups is 3. The number of rotatable bonds is 2. The Balaban J connectivity index is 1.36. The minimum atomic E-state index is -0.619. The van der Waals surface area contributed by atoms with E-state index in [1.54, 1.807) is 66.6 Å². The number of nitrogens with one attached hydrogen (secondary N) is 2. The number of benzene rings is 4. The number of hydrogen-bond donors (Lipinski definition) is 2. The molecule has 3 amide bonds. The van der Waals surface area contributed by atoms with Crippen LogP contribution in [0, 0.1) is 12.7 Å². The molecule has 9 nitrogen and oxygen atoms in total. The first-order valence-electron chi connectivity index (χ1n) is 15.1. The molecular formula is C36H34FN3O6. The molecule has 6 rings (SSSR count). The van der Waals surface area contributed by atoms with Crippen LogP contribution in [0.3, 0.4) is 0 Å². The summed E-state index contributed by atoms with van der Waals surface area (Å²) in [7, 11) is 1.55. The minimum absolute atomic E-state index is 0.0586. The number of likely N-dealkylation sites (tertiary alicyclic amines) is 1. The number of fused-ring (bicyclic) bond motifs is 8. The molecule has 0 radical (unpaired) electrons. The fourth-order valence-electron chi connectivity index (χ4n) is 5.72. The molecule has 10 heteroatoms. The third kappa shape index (κ3) is 6.96. The van der Waals surface area contributed by atoms with Crippen LogP contribution in [0.2, 0.25) is 0 Å². The van der Waals surface area contributed by atoms with Crippen molar-refractivity contribution in [2.75, 3.05) is 26.8 Å². The monoisotopic (exact) mass is 623 g/mol. The van der Waals surface area contributed by atoms with Gasteiger partial charge in [0.05, 0.1) is 13.2 Å². The largest absolute Gasteiger partial charge is 0.496 e. The summed E-state index contributed by atoms with van der Waals surface area (Å²) in [6.07, 6.45) is -0.177. The summed E-state index contributed by atoms with van der Waals surface area (Å²) in [4.78, 5) is 41.6. The average Bonchev–Trinajstić information content (AvgIpc) is 3.06. The Kier molecular flexibility index (Phi) is 8.87. The van der Waals surface area contributed by atoms with Gasteiger partial charge >= 0.3 is 0 Å². The lowest BCUT2D eigenvalue weighted by molar-refractivity contribution is -0.123. The second-order valence-electron chi connectivity index (χ2n) is 11.4. The maximum atomic E-state index is 14.7. The molecule has 1 saturated heterocycles. The first-order valence-corrected chi connectivity index (χ1v) is 15.1. The van der Waals surface area contributed by atoms with Gasteiger partial charge < -0.3 is 29.7 Å². The van der Waals surface area contributed by atoms with Gasteiger partial charge in [0.25, 0.3) is 17.7 Å². The second kappa shape index (κ2) is 13.3. The maximum Gasteiger partial charge on any atom is 0.258 e. The number of ether oxygens (including phenoxy) is 3. The van der Waals surface area contributed by atoms with Gasteiger partial charge in [-0.25, -0.2) is 4.39 Å². The molecule has 4 aromatic carbocycles. The van der Waals surface area contributed by atoms with E-state index in [0.717, 1.165) is 11.1 Å². The third-order valence-electron chi connectivity index (χ3n) is 8.14. The summed E-state index contributed by atoms with van der Waals surface area (Å²) < 4.78 is 32.3. The Bertz CT molecular complexity index is 1780. The molecule has 0 aliphatic carbocycles. The van der Waals surface area contributed by atoms with Crippen LogP contribution in [0.5, 0.6) is 17.2 Å². The lowest BCUT2D eigenvalue weighted by atomic mass is 9.98. The van der Waals surface area contributed by atoms with Crippen molar-refractivity contribution in [1.29, 1.82) is 0 Å². The molecular weight excluding hydrogens is 589 g/mol. The highest BCUT2D eigenvalue weighted by molar-refractivity contribution is 5.97. The molecule has 46 heavy (non-hydrogen) atoms. The smallest absolute Gasteiger partial charge is 0.258 e. The van der Waals surface area contributed by atoms with E-state index in [0.29, 0.717) is 46.7 Å². The number of carbonyl (C=O) groups excluding carboxylic acids is 3. The van der Waals surface area contributed by atoms with Crippen LogP contribution < -0.4 is 24.8 Å². The number of halogens is 1. The normalized spacial score (nSPS) is 18.3. The molecule has 2 aliphatic rings. The van der Waals surface area contributed by atoms with Crippen LogP contribution in [0.1, 0.15) is 38.3 Å². The van der Waals surface area contributed by atoms with Crippen LogP contribution >= 0.6 is 0 Å². The van der Waals surface area contributed by atoms with Crippen molar-refractivity contribution in [3.63, 3.8) is 0 Å². The average molecular weight is 624 g/mol. The van der Waals surface area contributed by atoms with Crippen LogP contribution in [0.25, 0.3) is 11.1 Å². The summed E-state index contributed by atoms with van der Waals surface area (Å²) in [5, 5.41) is 5.84. The molecule has 0 spiro atoms. The molecule has 1 fully saturated rings. The van der Waals surface area contributed by atoms with Gasteiger partial charge in [-0.15, -0.1) is 0 Å². The zero-order valence-corrected chi connectivity index (χ0v) is 25.5. The summed E-state index contributed by atoms with van der Waals surface area (Å²) in [6.45, 7) is 2.33. The molecule has 2 atom stereocenters. The van der Waals surface area contributed by atoms with E-state index >= 15 is 0 Å². The van der Waals surface area contributed by atoms with Gasteiger partial charge in [0.1, 0.15) is 29.2 Å². The van der Waals surface area contributed by atoms with Gasteiger partial charge in [-0.1, -0.05) is 29.8 Å². The van der Waals surface area contributed by atoms with Crippen molar-refractivity contribution in [3.05, 3.63) is 113 Å². The predicted octanol–water partition coefficient (Wildman–Crippen LogP) is 4.91. The summed E-state index contributed by atoms with van der Waals surface area (Å²) in [6, 6.07) is 23.2. The predicted molar refractivity (Wildman–Crippen MR) is 170 cm³/mol. The molecule has 0 unspecified atom stereocenters. The van der Waals surface area contributed by atoms with Crippen molar-refractivity contribution in [2.24, 2.45) is 0 Å². The molecule has 4 aromatic rings. The molecule has 2 aliphatic heterocycles. The van der Waals surface area contributed by atoms with Gasteiger partial charge in [0, 0.05) is 48.8 Å². The highest BCUT2D eigenvalue weighted by Crippen LogP contribution is 2.33. The van der Waals surface area contributed by atoms with Crippen LogP contribution in [0.15, 0.2) is 84.9 Å². The number of hydrogen-bond acceptors (Lipinski definition) is 6. The van der Waals surface area contributed by atoms with Crippen LogP contribution in [-0.4, -0.2) is 61.6 Å². The maximum absolute atomic E-state index is 14.7. The number of aryl methyl sites for hydroxylation is 1. The standard InChI is InChI=1S/C36H34FN3O6/c1-22-6-8-24(9-7-22)36(43)40-13-12-33-31(20-40)39-35(42)26-10-11-32(44-2)30(17-26)25-4-3-5-28(16-25)45-21-34(41)38-19-23-14-27(37)18-29(15-23)46-33/h3-11,14-18,31,33H,12-13,19-21H2,1-2H3,(H,38,41)(H,39,42)/t31-,33-/m1/s1. The van der Waals surface area contributed by atoms with E-state index in [9.17, 15) is 18.8 Å². The lowest BCUT2D eigenvalue weighted by Gasteiger charge is -2.39. The summed E-state index contributed by atoms with van der Waals surface area (Å²) in [5.41, 5.74) is 3.84. The van der Waals surface area contributed by atoms with Crippen molar-refractivity contribution in [2.45, 2.75) is 32.0 Å². The van der Waals surface area contributed by atoms with Crippen molar-refractivity contribution in [3.8, 4) is 28.4 Å². The highest BCUT2D eigenvalue weighted by atomic mass is 19.1. The van der Waals surface area contributed by atoms with Crippen molar-refractivity contribution in [1.82, 2.24) is 15.5 Å². The van der Waals surface area contributed by atoms with E-state index in [1.807, 2.05) is 25.1 Å². The fourth-order valence-corrected chi connectivity index (χ4v) is 5.72. The van der Waals surface area contributed by atoms with Crippen molar-refractivity contribution >= 4 is 17.7 Å². The van der Waals surface area contributed by atoms with Crippen molar-refractivity contribution < 1.29 is 33.0 Å². The Morgan fingerprint density at radius 2 is 1.78 bits per heavy atom. The molecule has 2 heterocycles. The zero-order chi connectivity index (χ0) is 32.2. The van der Waals surface area contributed by atoms with Gasteiger partial charge in [-0.3, -0.25) is 14.4 Å². The van der Waals surface area contributed by atoms with E-state index in [-0.39, 0.29) is 43.2 Å². The first-order chi connectivity index (χ1) is 22.2. The Hall–Kier alpha value is -5.38. The second-order valence-corrected chi connectivity index (χ2v) is 11.4. The summed E-state index contributed by atoms with van der Waals surface area (Å²) in [5.74, 6) is -0.175. The van der Waals surface area contributed by atoms with Gasteiger partial charge in [0.2, 0.25) is 0 Å². The Labute approximate surface area is 266 Å². The van der Waals surface area contributed by atoms with Crippen LogP contribution in [0.4, 0.5) is 4.39 Å². The molecule has 6 bridgehead atoms. The summed E-state index contributed by atoms with van der Waals surface area (Å²) >= 11 is 0. The fraction of sp³-hybridized carbons (Fsp3) is 0.250. The third-order valence-corrected chi connectivity index (χ3v) is 8.14. The number of piperidine rings is 1. The quantitative estimate of drug-likeness (QED) is 0.329. The zero-order valence-electron chi connectivity index (χ0n) is 25.5. The Morgan fingerprint density at radius 3 is 2.59 bits per heavy atom. The number of methoxy groups -OCH3 is 1. The van der Waals surface area contributed by atoms with E-state index < -0.39 is 18.0 Å². The highest BCUT2D eigenvalue weighted by Gasteiger charge is 2.35. The lowest BCUT2D eigenvalue weighted by Crippen LogP contribution is -2.58. The molecule has 236 valence electrons. The van der Waals surface area contributed by atoms with Gasteiger partial charge in [0.15, 0.2) is 6.61 Å². The molecule has 2 N–H and O–H groups in total. The van der Waals surface area contributed by atoms with E-state index in [2.05, 4.69) is 10.6 Å².